The Bertz CT molecular complexity index is 381. The Morgan fingerprint density at radius 3 is 2.87 bits per heavy atom. The van der Waals surface area contributed by atoms with Gasteiger partial charge in [-0.2, -0.15) is 0 Å². The molecule has 0 unspecified atom stereocenters. The lowest BCUT2D eigenvalue weighted by Gasteiger charge is -2.12. The monoisotopic (exact) mass is 276 g/mol. The van der Waals surface area contributed by atoms with Gasteiger partial charge in [-0.15, -0.1) is 0 Å². The van der Waals surface area contributed by atoms with E-state index in [-0.39, 0.29) is 16.6 Å². The molecule has 0 fully saturated rings. The Morgan fingerprint density at radius 2 is 2.13 bits per heavy atom. The van der Waals surface area contributed by atoms with Crippen molar-refractivity contribution in [2.24, 2.45) is 0 Å². The zero-order chi connectivity index (χ0) is 10.8. The van der Waals surface area contributed by atoms with E-state index in [1.165, 1.54) is 6.07 Å². The van der Waals surface area contributed by atoms with Gasteiger partial charge in [0.2, 0.25) is 0 Å². The lowest BCUT2D eigenvalue weighted by atomic mass is 10.2. The predicted molar refractivity (Wildman–Crippen MR) is 55.6 cm³/mol. The van der Waals surface area contributed by atoms with Crippen LogP contribution in [0.5, 0.6) is 11.5 Å². The molecule has 1 aliphatic rings. The maximum absolute atomic E-state index is 13.6. The van der Waals surface area contributed by atoms with Gasteiger partial charge in [0.25, 0.3) is 0 Å². The highest BCUT2D eigenvalue weighted by molar-refractivity contribution is 9.10. The van der Waals surface area contributed by atoms with Gasteiger partial charge >= 0.3 is 0 Å². The maximum Gasteiger partial charge on any atom is 0.178 e. The van der Waals surface area contributed by atoms with Crippen molar-refractivity contribution in [2.75, 3.05) is 13.2 Å². The second-order valence-corrected chi connectivity index (χ2v) is 3.99. The average Bonchev–Trinajstić information content (AvgIpc) is 2.48. The second-order valence-electron chi connectivity index (χ2n) is 3.20. The molecule has 0 spiro atoms. The van der Waals surface area contributed by atoms with Crippen LogP contribution in [0.15, 0.2) is 10.5 Å². The van der Waals surface area contributed by atoms with Crippen molar-refractivity contribution in [3.8, 4) is 11.5 Å². The molecule has 15 heavy (non-hydrogen) atoms. The summed E-state index contributed by atoms with van der Waals surface area (Å²) in [6.45, 7) is 0.681. The van der Waals surface area contributed by atoms with Crippen LogP contribution in [0, 0.1) is 5.82 Å². The summed E-state index contributed by atoms with van der Waals surface area (Å²) in [5.41, 5.74) is 0.200. The van der Waals surface area contributed by atoms with E-state index in [0.717, 1.165) is 6.42 Å². The standard InChI is InChI=1S/C10H10BrFO3/c11-8-9(12)6(5-13)4-7-10(8)15-3-1-2-14-7/h4,13H,1-3,5H2. The minimum Gasteiger partial charge on any atom is -0.490 e. The fourth-order valence-corrected chi connectivity index (χ4v) is 1.97. The fourth-order valence-electron chi connectivity index (χ4n) is 1.41. The summed E-state index contributed by atoms with van der Waals surface area (Å²) in [5.74, 6) is 0.355. The molecule has 5 heteroatoms. The average molecular weight is 277 g/mol. The van der Waals surface area contributed by atoms with Gasteiger partial charge in [0.15, 0.2) is 11.5 Å². The molecule has 0 bridgehead atoms. The van der Waals surface area contributed by atoms with Crippen molar-refractivity contribution >= 4 is 15.9 Å². The van der Waals surface area contributed by atoms with Gasteiger partial charge in [0.05, 0.1) is 24.3 Å². The van der Waals surface area contributed by atoms with Crippen LogP contribution in [0.2, 0.25) is 0 Å². The summed E-state index contributed by atoms with van der Waals surface area (Å²) in [5, 5.41) is 8.96. The van der Waals surface area contributed by atoms with Gasteiger partial charge < -0.3 is 14.6 Å². The van der Waals surface area contributed by atoms with Gasteiger partial charge in [-0.05, 0) is 22.0 Å². The molecule has 3 nitrogen and oxygen atoms in total. The molecule has 0 atom stereocenters. The van der Waals surface area contributed by atoms with Gasteiger partial charge in [-0.25, -0.2) is 4.39 Å². The lowest BCUT2D eigenvalue weighted by Crippen LogP contribution is -1.98. The number of hydrogen-bond acceptors (Lipinski definition) is 3. The summed E-state index contributed by atoms with van der Waals surface area (Å²) < 4.78 is 24.6. The molecule has 1 aromatic rings. The molecule has 1 N–H and O–H groups in total. The zero-order valence-corrected chi connectivity index (χ0v) is 9.51. The zero-order valence-electron chi connectivity index (χ0n) is 7.93. The van der Waals surface area contributed by atoms with Crippen LogP contribution in [0.25, 0.3) is 0 Å². The smallest absolute Gasteiger partial charge is 0.178 e. The van der Waals surface area contributed by atoms with Gasteiger partial charge in [0.1, 0.15) is 5.82 Å². The lowest BCUT2D eigenvalue weighted by molar-refractivity contribution is 0.272. The molecule has 82 valence electrons. The normalized spacial score (nSPS) is 14.9. The Labute approximate surface area is 94.9 Å². The molecular formula is C10H10BrFO3. The third-order valence-electron chi connectivity index (χ3n) is 2.17. The first kappa shape index (κ1) is 10.7. The Balaban J connectivity index is 2.53. The molecule has 0 amide bonds. The van der Waals surface area contributed by atoms with Gasteiger partial charge in [-0.1, -0.05) is 0 Å². The van der Waals surface area contributed by atoms with Crippen LogP contribution in [-0.2, 0) is 6.61 Å². The summed E-state index contributed by atoms with van der Waals surface area (Å²) >= 11 is 3.10. The first-order valence-corrected chi connectivity index (χ1v) is 5.40. The molecule has 0 aliphatic carbocycles. The highest BCUT2D eigenvalue weighted by Crippen LogP contribution is 2.40. The van der Waals surface area contributed by atoms with Gasteiger partial charge in [-0.3, -0.25) is 0 Å². The summed E-state index contributed by atoms with van der Waals surface area (Å²) in [6.07, 6.45) is 0.761. The number of aliphatic hydroxyl groups excluding tert-OH is 1. The van der Waals surface area contributed by atoms with Crippen molar-refractivity contribution in [2.45, 2.75) is 13.0 Å². The molecule has 2 rings (SSSR count). The molecular weight excluding hydrogens is 267 g/mol. The molecule has 0 radical (unpaired) electrons. The minimum absolute atomic E-state index is 0.200. The summed E-state index contributed by atoms with van der Waals surface area (Å²) in [7, 11) is 0. The number of ether oxygens (including phenoxy) is 2. The molecule has 1 aromatic carbocycles. The van der Waals surface area contributed by atoms with E-state index in [1.807, 2.05) is 0 Å². The Kier molecular flexibility index (Phi) is 3.11. The van der Waals surface area contributed by atoms with Crippen LogP contribution < -0.4 is 9.47 Å². The SMILES string of the molecule is OCc1cc2c(c(Br)c1F)OCCCO2. The van der Waals surface area contributed by atoms with E-state index < -0.39 is 5.82 Å². The third kappa shape index (κ3) is 1.94. The number of aliphatic hydroxyl groups is 1. The van der Waals surface area contributed by atoms with Gasteiger partial charge in [0, 0.05) is 12.0 Å². The number of benzene rings is 1. The van der Waals surface area contributed by atoms with E-state index in [1.54, 1.807) is 0 Å². The summed E-state index contributed by atoms with van der Waals surface area (Å²) in [4.78, 5) is 0. The van der Waals surface area contributed by atoms with E-state index in [4.69, 9.17) is 14.6 Å². The van der Waals surface area contributed by atoms with Crippen LogP contribution in [0.3, 0.4) is 0 Å². The Hall–Kier alpha value is -0.810. The predicted octanol–water partition coefficient (Wildman–Crippen LogP) is 2.24. The van der Waals surface area contributed by atoms with E-state index in [9.17, 15) is 4.39 Å². The first-order valence-electron chi connectivity index (χ1n) is 4.61. The number of fused-ring (bicyclic) bond motifs is 1. The first-order chi connectivity index (χ1) is 7.24. The van der Waals surface area contributed by atoms with Crippen molar-refractivity contribution in [1.82, 2.24) is 0 Å². The minimum atomic E-state index is -0.498. The number of halogens is 2. The van der Waals surface area contributed by atoms with Crippen LogP contribution >= 0.6 is 15.9 Å². The van der Waals surface area contributed by atoms with Crippen molar-refractivity contribution in [3.05, 3.63) is 21.9 Å². The third-order valence-corrected chi connectivity index (χ3v) is 2.87. The maximum atomic E-state index is 13.6. The van der Waals surface area contributed by atoms with E-state index in [0.29, 0.717) is 24.7 Å². The summed E-state index contributed by atoms with van der Waals surface area (Å²) in [6, 6.07) is 1.47. The quantitative estimate of drug-likeness (QED) is 0.855. The highest BCUT2D eigenvalue weighted by Gasteiger charge is 2.20. The van der Waals surface area contributed by atoms with Crippen molar-refractivity contribution < 1.29 is 19.0 Å². The topological polar surface area (TPSA) is 38.7 Å². The fraction of sp³-hybridized carbons (Fsp3) is 0.400. The van der Waals surface area contributed by atoms with E-state index >= 15 is 0 Å². The van der Waals surface area contributed by atoms with E-state index in [2.05, 4.69) is 15.9 Å². The molecule has 1 aliphatic heterocycles. The second kappa shape index (κ2) is 4.37. The van der Waals surface area contributed by atoms with Crippen LogP contribution in [0.4, 0.5) is 4.39 Å². The van der Waals surface area contributed by atoms with Crippen molar-refractivity contribution in [3.63, 3.8) is 0 Å². The highest BCUT2D eigenvalue weighted by atomic mass is 79.9. The van der Waals surface area contributed by atoms with Crippen molar-refractivity contribution in [1.29, 1.82) is 0 Å². The molecule has 0 aromatic heterocycles. The Morgan fingerprint density at radius 1 is 1.40 bits per heavy atom. The molecule has 1 heterocycles. The largest absolute Gasteiger partial charge is 0.490 e. The number of rotatable bonds is 1. The number of hydrogen-bond donors (Lipinski definition) is 1. The van der Waals surface area contributed by atoms with Crippen LogP contribution in [-0.4, -0.2) is 18.3 Å². The molecule has 0 saturated heterocycles. The molecule has 0 saturated carbocycles. The van der Waals surface area contributed by atoms with Crippen LogP contribution in [0.1, 0.15) is 12.0 Å².